The molecule has 0 saturated carbocycles. The predicted octanol–water partition coefficient (Wildman–Crippen LogP) is 2.74. The van der Waals surface area contributed by atoms with E-state index in [1.807, 2.05) is 6.20 Å². The van der Waals surface area contributed by atoms with Crippen LogP contribution >= 0.6 is 0 Å². The van der Waals surface area contributed by atoms with Crippen LogP contribution in [0.15, 0.2) is 30.5 Å². The zero-order valence-electron chi connectivity index (χ0n) is 12.4. The average molecular weight is 282 g/mol. The minimum atomic E-state index is 0.396. The topological polar surface area (TPSA) is 41.0 Å². The number of aromatic nitrogens is 2. The summed E-state index contributed by atoms with van der Waals surface area (Å²) < 4.78 is 0. The summed E-state index contributed by atoms with van der Waals surface area (Å²) in [4.78, 5) is 2.41. The van der Waals surface area contributed by atoms with Crippen molar-refractivity contribution >= 4 is 16.6 Å². The van der Waals surface area contributed by atoms with E-state index in [2.05, 4.69) is 44.7 Å². The third kappa shape index (κ3) is 2.38. The van der Waals surface area contributed by atoms with E-state index in [4.69, 9.17) is 0 Å². The summed E-state index contributed by atoms with van der Waals surface area (Å²) >= 11 is 0. The third-order valence-corrected chi connectivity index (χ3v) is 5.15. The molecule has 2 aromatic rings. The molecule has 3 heterocycles. The number of hydrogen-bond acceptors (Lipinski definition) is 4. The van der Waals surface area contributed by atoms with Gasteiger partial charge >= 0.3 is 0 Å². The molecule has 4 rings (SSSR count). The van der Waals surface area contributed by atoms with Gasteiger partial charge in [0.25, 0.3) is 0 Å². The number of hydrogen-bond donors (Lipinski definition) is 1. The summed E-state index contributed by atoms with van der Waals surface area (Å²) in [5.41, 5.74) is 0.396. The Bertz CT molecular complexity index is 618. The van der Waals surface area contributed by atoms with E-state index in [1.54, 1.807) is 0 Å². The van der Waals surface area contributed by atoms with Crippen LogP contribution in [-0.2, 0) is 0 Å². The Morgan fingerprint density at radius 3 is 2.71 bits per heavy atom. The maximum Gasteiger partial charge on any atom is 0.159 e. The van der Waals surface area contributed by atoms with Crippen LogP contribution in [0.3, 0.4) is 0 Å². The smallest absolute Gasteiger partial charge is 0.159 e. The van der Waals surface area contributed by atoms with Crippen LogP contribution in [0.25, 0.3) is 10.8 Å². The molecule has 21 heavy (non-hydrogen) atoms. The number of anilines is 1. The molecular formula is C17H22N4. The zero-order chi connectivity index (χ0) is 14.1. The first-order chi connectivity index (χ1) is 10.4. The van der Waals surface area contributed by atoms with Crippen molar-refractivity contribution in [2.45, 2.75) is 37.6 Å². The van der Waals surface area contributed by atoms with Gasteiger partial charge in [-0.25, -0.2) is 0 Å². The molecule has 2 aliphatic heterocycles. The average Bonchev–Trinajstić information content (AvgIpc) is 2.56. The van der Waals surface area contributed by atoms with E-state index >= 15 is 0 Å². The van der Waals surface area contributed by atoms with Crippen molar-refractivity contribution in [1.29, 1.82) is 0 Å². The number of rotatable bonds is 1. The van der Waals surface area contributed by atoms with E-state index in [0.717, 1.165) is 18.9 Å². The molecule has 2 aliphatic rings. The minimum absolute atomic E-state index is 0.396. The second kappa shape index (κ2) is 5.26. The maximum absolute atomic E-state index is 4.42. The lowest BCUT2D eigenvalue weighted by Gasteiger charge is -2.45. The van der Waals surface area contributed by atoms with E-state index in [1.165, 1.54) is 49.4 Å². The number of nitrogens with zero attached hydrogens (tertiary/aromatic N) is 3. The maximum atomic E-state index is 4.42. The number of piperidine rings is 2. The third-order valence-electron chi connectivity index (χ3n) is 5.15. The quantitative estimate of drug-likeness (QED) is 0.873. The van der Waals surface area contributed by atoms with E-state index in [-0.39, 0.29) is 0 Å². The van der Waals surface area contributed by atoms with Gasteiger partial charge in [0.05, 0.1) is 6.20 Å². The Kier molecular flexibility index (Phi) is 3.26. The lowest BCUT2D eigenvalue weighted by molar-refractivity contribution is 0.206. The van der Waals surface area contributed by atoms with Crippen molar-refractivity contribution in [3.8, 4) is 0 Å². The highest BCUT2D eigenvalue weighted by molar-refractivity contribution is 5.91. The van der Waals surface area contributed by atoms with Crippen molar-refractivity contribution in [1.82, 2.24) is 15.5 Å². The molecule has 1 N–H and O–H groups in total. The molecule has 0 unspecified atom stereocenters. The van der Waals surface area contributed by atoms with Crippen LogP contribution in [0, 0.1) is 0 Å². The Hall–Kier alpha value is -1.68. The zero-order valence-corrected chi connectivity index (χ0v) is 12.4. The molecule has 0 aliphatic carbocycles. The first-order valence-corrected chi connectivity index (χ1v) is 8.07. The Morgan fingerprint density at radius 2 is 1.90 bits per heavy atom. The molecule has 2 fully saturated rings. The molecule has 0 radical (unpaired) electrons. The minimum Gasteiger partial charge on any atom is -0.354 e. The fourth-order valence-electron chi connectivity index (χ4n) is 3.85. The molecule has 110 valence electrons. The fourth-order valence-corrected chi connectivity index (χ4v) is 3.85. The lowest BCUT2D eigenvalue weighted by atomic mass is 9.80. The van der Waals surface area contributed by atoms with Crippen LogP contribution in [0.4, 0.5) is 5.82 Å². The van der Waals surface area contributed by atoms with Crippen molar-refractivity contribution in [3.63, 3.8) is 0 Å². The Labute approximate surface area is 125 Å². The Balaban J connectivity index is 1.57. The number of nitrogens with one attached hydrogen (secondary N) is 1. The van der Waals surface area contributed by atoms with Gasteiger partial charge in [0.2, 0.25) is 0 Å². The second-order valence-electron chi connectivity index (χ2n) is 6.41. The van der Waals surface area contributed by atoms with Gasteiger partial charge in [-0.15, -0.1) is 5.10 Å². The Morgan fingerprint density at radius 1 is 1.05 bits per heavy atom. The second-order valence-corrected chi connectivity index (χ2v) is 6.41. The highest BCUT2D eigenvalue weighted by Crippen LogP contribution is 2.33. The SMILES string of the molecule is c1ccc2c(N3CCC4(CCCCN4)CC3)nncc2c1. The molecule has 1 aromatic carbocycles. The van der Waals surface area contributed by atoms with Gasteiger partial charge < -0.3 is 10.2 Å². The molecule has 4 heteroatoms. The summed E-state index contributed by atoms with van der Waals surface area (Å²) in [5, 5.41) is 14.8. The molecule has 0 bridgehead atoms. The van der Waals surface area contributed by atoms with Gasteiger partial charge in [-0.2, -0.15) is 5.10 Å². The standard InChI is InChI=1S/C17H22N4/c1-2-6-15-14(5-1)13-19-20-16(15)21-11-8-17(9-12-21)7-3-4-10-18-17/h1-2,5-6,13,18H,3-4,7-12H2. The van der Waals surface area contributed by atoms with Gasteiger partial charge in [0.1, 0.15) is 0 Å². The summed E-state index contributed by atoms with van der Waals surface area (Å²) in [6, 6.07) is 8.41. The van der Waals surface area contributed by atoms with Crippen LogP contribution in [0.5, 0.6) is 0 Å². The van der Waals surface area contributed by atoms with Crippen molar-refractivity contribution in [2.75, 3.05) is 24.5 Å². The molecular weight excluding hydrogens is 260 g/mol. The van der Waals surface area contributed by atoms with Crippen LogP contribution < -0.4 is 10.2 Å². The van der Waals surface area contributed by atoms with E-state index < -0.39 is 0 Å². The number of benzene rings is 1. The fraction of sp³-hybridized carbons (Fsp3) is 0.529. The normalized spacial score (nSPS) is 21.8. The summed E-state index contributed by atoms with van der Waals surface area (Å²) in [6.07, 6.45) is 8.34. The van der Waals surface area contributed by atoms with Gasteiger partial charge in [0.15, 0.2) is 5.82 Å². The molecule has 2 saturated heterocycles. The van der Waals surface area contributed by atoms with E-state index in [9.17, 15) is 0 Å². The van der Waals surface area contributed by atoms with Crippen molar-refractivity contribution in [2.24, 2.45) is 0 Å². The van der Waals surface area contributed by atoms with Crippen molar-refractivity contribution < 1.29 is 0 Å². The molecule has 1 spiro atoms. The molecule has 0 atom stereocenters. The number of fused-ring (bicyclic) bond motifs is 1. The van der Waals surface area contributed by atoms with Gasteiger partial charge in [0, 0.05) is 29.4 Å². The summed E-state index contributed by atoms with van der Waals surface area (Å²) in [6.45, 7) is 3.35. The summed E-state index contributed by atoms with van der Waals surface area (Å²) in [5.74, 6) is 1.05. The molecule has 0 amide bonds. The van der Waals surface area contributed by atoms with Gasteiger partial charge in [-0.1, -0.05) is 30.7 Å². The summed E-state index contributed by atoms with van der Waals surface area (Å²) in [7, 11) is 0. The highest BCUT2D eigenvalue weighted by atomic mass is 15.3. The first kappa shape index (κ1) is 13.0. The molecule has 4 nitrogen and oxygen atoms in total. The molecule has 1 aromatic heterocycles. The lowest BCUT2D eigenvalue weighted by Crippen LogP contribution is -2.55. The van der Waals surface area contributed by atoms with Crippen molar-refractivity contribution in [3.05, 3.63) is 30.5 Å². The van der Waals surface area contributed by atoms with Crippen LogP contribution in [0.2, 0.25) is 0 Å². The van der Waals surface area contributed by atoms with Gasteiger partial charge in [-0.3, -0.25) is 0 Å². The van der Waals surface area contributed by atoms with Gasteiger partial charge in [-0.05, 0) is 32.2 Å². The largest absolute Gasteiger partial charge is 0.354 e. The monoisotopic (exact) mass is 282 g/mol. The first-order valence-electron chi connectivity index (χ1n) is 8.07. The van der Waals surface area contributed by atoms with E-state index in [0.29, 0.717) is 5.54 Å². The van der Waals surface area contributed by atoms with Crippen LogP contribution in [-0.4, -0.2) is 35.4 Å². The highest BCUT2D eigenvalue weighted by Gasteiger charge is 2.35. The predicted molar refractivity (Wildman–Crippen MR) is 85.6 cm³/mol. The van der Waals surface area contributed by atoms with Crippen LogP contribution in [0.1, 0.15) is 32.1 Å².